The number of nitrogens with zero attached hydrogens (tertiary/aromatic N) is 2. The molecule has 0 saturated carbocycles. The molecule has 0 aromatic carbocycles. The van der Waals surface area contributed by atoms with E-state index >= 15 is 0 Å². The Morgan fingerprint density at radius 3 is 2.00 bits per heavy atom. The molecule has 2 saturated heterocycles. The first-order valence-electron chi connectivity index (χ1n) is 6.82. The van der Waals surface area contributed by atoms with Gasteiger partial charge in [0.2, 0.25) is 0 Å². The third kappa shape index (κ3) is 4.52. The van der Waals surface area contributed by atoms with E-state index in [0.717, 1.165) is 6.17 Å². The topological polar surface area (TPSA) is 6.48 Å². The minimum atomic E-state index is 0.789. The molecule has 0 spiro atoms. The van der Waals surface area contributed by atoms with Crippen molar-refractivity contribution in [2.75, 3.05) is 26.7 Å². The van der Waals surface area contributed by atoms with Crippen molar-refractivity contribution in [2.45, 2.75) is 59.5 Å². The lowest BCUT2D eigenvalue weighted by Gasteiger charge is -2.44. The maximum absolute atomic E-state index is 2.65. The molecule has 1 unspecified atom stereocenters. The Kier molecular flexibility index (Phi) is 9.12. The van der Waals surface area contributed by atoms with Crippen LogP contribution in [-0.4, -0.2) is 42.6 Å². The summed E-state index contributed by atoms with van der Waals surface area (Å²) in [6.07, 6.45) is 6.41. The largest absolute Gasteiger partial charge is 0.291 e. The van der Waals surface area contributed by atoms with Gasteiger partial charge in [-0.25, -0.2) is 0 Å². The molecular formula is C13H30N2. The fraction of sp³-hybridized carbons (Fsp3) is 1.00. The van der Waals surface area contributed by atoms with Gasteiger partial charge in [-0.2, -0.15) is 0 Å². The third-order valence-corrected chi connectivity index (χ3v) is 3.04. The van der Waals surface area contributed by atoms with Gasteiger partial charge >= 0.3 is 0 Å². The zero-order valence-corrected chi connectivity index (χ0v) is 11.4. The summed E-state index contributed by atoms with van der Waals surface area (Å²) in [5.41, 5.74) is 0. The van der Waals surface area contributed by atoms with Crippen molar-refractivity contribution < 1.29 is 0 Å². The first kappa shape index (κ1) is 14.9. The van der Waals surface area contributed by atoms with Crippen LogP contribution in [0.15, 0.2) is 0 Å². The maximum atomic E-state index is 2.65. The van der Waals surface area contributed by atoms with Crippen molar-refractivity contribution >= 4 is 0 Å². The molecule has 0 aromatic rings. The van der Waals surface area contributed by atoms with Gasteiger partial charge in [-0.05, 0) is 39.3 Å². The summed E-state index contributed by atoms with van der Waals surface area (Å²) in [5, 5.41) is 0. The Bertz CT molecular complexity index is 134. The van der Waals surface area contributed by atoms with E-state index in [-0.39, 0.29) is 0 Å². The molecule has 2 fully saturated rings. The van der Waals surface area contributed by atoms with Crippen LogP contribution in [0.5, 0.6) is 0 Å². The van der Waals surface area contributed by atoms with Crippen LogP contribution in [0.1, 0.15) is 53.4 Å². The molecule has 2 aliphatic heterocycles. The van der Waals surface area contributed by atoms with E-state index in [1.54, 1.807) is 0 Å². The maximum Gasteiger partial charge on any atom is 0.0619 e. The number of rotatable bonds is 0. The van der Waals surface area contributed by atoms with Crippen LogP contribution >= 0.6 is 0 Å². The normalized spacial score (nSPS) is 26.6. The van der Waals surface area contributed by atoms with Crippen molar-refractivity contribution in [1.29, 1.82) is 0 Å². The Morgan fingerprint density at radius 1 is 0.800 bits per heavy atom. The van der Waals surface area contributed by atoms with E-state index in [1.165, 1.54) is 45.3 Å². The number of hydrogen-bond donors (Lipinski definition) is 0. The van der Waals surface area contributed by atoms with E-state index in [2.05, 4.69) is 16.8 Å². The molecule has 0 radical (unpaired) electrons. The third-order valence-electron chi connectivity index (χ3n) is 3.04. The van der Waals surface area contributed by atoms with Crippen molar-refractivity contribution in [3.05, 3.63) is 0 Å². The second-order valence-electron chi connectivity index (χ2n) is 3.85. The number of hydrogen-bond acceptors (Lipinski definition) is 2. The van der Waals surface area contributed by atoms with Gasteiger partial charge in [0.05, 0.1) is 6.17 Å². The Morgan fingerprint density at radius 2 is 1.40 bits per heavy atom. The monoisotopic (exact) mass is 214 g/mol. The van der Waals surface area contributed by atoms with Crippen LogP contribution in [-0.2, 0) is 0 Å². The molecule has 0 aromatic heterocycles. The number of piperidine rings is 1. The van der Waals surface area contributed by atoms with Gasteiger partial charge in [-0.15, -0.1) is 0 Å². The minimum Gasteiger partial charge on any atom is -0.291 e. The molecule has 2 nitrogen and oxygen atoms in total. The first-order chi connectivity index (χ1) is 7.38. The molecule has 0 N–H and O–H groups in total. The van der Waals surface area contributed by atoms with Crippen LogP contribution < -0.4 is 0 Å². The van der Waals surface area contributed by atoms with Crippen molar-refractivity contribution in [1.82, 2.24) is 9.80 Å². The van der Waals surface area contributed by atoms with Gasteiger partial charge in [0.15, 0.2) is 0 Å². The molecule has 1 atom stereocenters. The predicted octanol–water partition coefficient (Wildman–Crippen LogP) is 3.19. The molecule has 0 amide bonds. The smallest absolute Gasteiger partial charge is 0.0619 e. The average molecular weight is 214 g/mol. The van der Waals surface area contributed by atoms with E-state index in [1.807, 2.05) is 27.7 Å². The average Bonchev–Trinajstić information content (AvgIpc) is 2.35. The highest BCUT2D eigenvalue weighted by Crippen LogP contribution is 2.22. The van der Waals surface area contributed by atoms with Crippen LogP contribution in [0.2, 0.25) is 0 Å². The summed E-state index contributed by atoms with van der Waals surface area (Å²) >= 11 is 0. The molecule has 0 bridgehead atoms. The van der Waals surface area contributed by atoms with E-state index in [9.17, 15) is 0 Å². The lowest BCUT2D eigenvalue weighted by atomic mass is 10.0. The summed E-state index contributed by atoms with van der Waals surface area (Å²) < 4.78 is 0. The van der Waals surface area contributed by atoms with Gasteiger partial charge in [0.25, 0.3) is 0 Å². The Labute approximate surface area is 96.6 Å². The molecule has 2 heterocycles. The number of fused-ring (bicyclic) bond motifs is 1. The molecule has 2 aliphatic rings. The minimum absolute atomic E-state index is 0.789. The molecule has 92 valence electrons. The Hall–Kier alpha value is -0.0800. The van der Waals surface area contributed by atoms with Crippen LogP contribution in [0, 0.1) is 0 Å². The summed E-state index contributed by atoms with van der Waals surface area (Å²) in [5.74, 6) is 0. The lowest BCUT2D eigenvalue weighted by Crippen LogP contribution is -2.53. The second kappa shape index (κ2) is 9.17. The second-order valence-corrected chi connectivity index (χ2v) is 3.85. The Balaban J connectivity index is 0.000000442. The van der Waals surface area contributed by atoms with Gasteiger partial charge in [0, 0.05) is 13.1 Å². The van der Waals surface area contributed by atoms with Crippen molar-refractivity contribution in [3.8, 4) is 0 Å². The highest BCUT2D eigenvalue weighted by Gasteiger charge is 2.28. The van der Waals surface area contributed by atoms with Gasteiger partial charge in [-0.1, -0.05) is 27.7 Å². The molecule has 0 aliphatic carbocycles. The van der Waals surface area contributed by atoms with Crippen LogP contribution in [0.4, 0.5) is 0 Å². The molecule has 2 heteroatoms. The van der Waals surface area contributed by atoms with E-state index in [0.29, 0.717) is 0 Å². The van der Waals surface area contributed by atoms with E-state index in [4.69, 9.17) is 0 Å². The van der Waals surface area contributed by atoms with Crippen molar-refractivity contribution in [2.24, 2.45) is 0 Å². The van der Waals surface area contributed by atoms with Gasteiger partial charge < -0.3 is 0 Å². The summed E-state index contributed by atoms with van der Waals surface area (Å²) in [4.78, 5) is 5.16. The standard InChI is InChI=1S/C9H18N2.2C2H6/c1-10-6-4-8-11-7-3-2-5-9(10)11;2*1-2/h9H,2-8H2,1H3;2*1-2H3. The van der Waals surface area contributed by atoms with Gasteiger partial charge in [-0.3, -0.25) is 9.80 Å². The summed E-state index contributed by atoms with van der Waals surface area (Å²) in [6, 6.07) is 0. The zero-order chi connectivity index (χ0) is 11.7. The highest BCUT2D eigenvalue weighted by molar-refractivity contribution is 4.80. The molecule has 2 rings (SSSR count). The van der Waals surface area contributed by atoms with Gasteiger partial charge in [0.1, 0.15) is 0 Å². The van der Waals surface area contributed by atoms with Crippen LogP contribution in [0.3, 0.4) is 0 Å². The van der Waals surface area contributed by atoms with Crippen molar-refractivity contribution in [3.63, 3.8) is 0 Å². The molecule has 15 heavy (non-hydrogen) atoms. The lowest BCUT2D eigenvalue weighted by molar-refractivity contribution is -0.00403. The SMILES string of the molecule is CC.CC.CN1CCCN2CCCCC12. The van der Waals surface area contributed by atoms with Crippen LogP contribution in [0.25, 0.3) is 0 Å². The fourth-order valence-electron chi connectivity index (χ4n) is 2.41. The summed E-state index contributed by atoms with van der Waals surface area (Å²) in [6.45, 7) is 12.0. The summed E-state index contributed by atoms with van der Waals surface area (Å²) in [7, 11) is 2.27. The highest BCUT2D eigenvalue weighted by atomic mass is 15.4. The first-order valence-corrected chi connectivity index (χ1v) is 6.82. The molecular weight excluding hydrogens is 184 g/mol. The zero-order valence-electron chi connectivity index (χ0n) is 11.4. The fourth-order valence-corrected chi connectivity index (χ4v) is 2.41. The predicted molar refractivity (Wildman–Crippen MR) is 69.2 cm³/mol. The quantitative estimate of drug-likeness (QED) is 0.611. The van der Waals surface area contributed by atoms with E-state index < -0.39 is 0 Å².